The van der Waals surface area contributed by atoms with Crippen LogP contribution in [0, 0.1) is 0 Å². The fraction of sp³-hybridized carbons (Fsp3) is 0.0690. The summed E-state index contributed by atoms with van der Waals surface area (Å²) in [5, 5.41) is 2.26. The summed E-state index contributed by atoms with van der Waals surface area (Å²) in [5.74, 6) is 0. The van der Waals surface area contributed by atoms with Crippen molar-refractivity contribution in [2.45, 2.75) is 24.7 Å². The Labute approximate surface area is 350 Å². The van der Waals surface area contributed by atoms with Crippen LogP contribution in [0.4, 0.5) is 17.1 Å². The fourth-order valence-electron chi connectivity index (χ4n) is 10.6. The van der Waals surface area contributed by atoms with Gasteiger partial charge in [-0.2, -0.15) is 0 Å². The molecule has 2 unspecified atom stereocenters. The van der Waals surface area contributed by atoms with E-state index in [0.29, 0.717) is 0 Å². The van der Waals surface area contributed by atoms with Gasteiger partial charge in [-0.3, -0.25) is 0 Å². The number of nitrogens with zero attached hydrogens (tertiary/aromatic N) is 1. The van der Waals surface area contributed by atoms with Crippen LogP contribution < -0.4 is 4.90 Å². The Morgan fingerprint density at radius 3 is 1.72 bits per heavy atom. The van der Waals surface area contributed by atoms with Gasteiger partial charge in [0.15, 0.2) is 0 Å². The number of anilines is 3. The van der Waals surface area contributed by atoms with E-state index < -0.39 is 0 Å². The Morgan fingerprint density at radius 1 is 0.367 bits per heavy atom. The molecule has 2 aliphatic rings. The summed E-state index contributed by atoms with van der Waals surface area (Å²) in [6, 6.07) is 78.0. The largest absolute Gasteiger partial charge is 0.456 e. The number of furan rings is 1. The molecular formula is C58H41NO. The Kier molecular flexibility index (Phi) is 7.52. The number of fused-ring (bicyclic) bond motifs is 9. The molecule has 0 N–H and O–H groups in total. The van der Waals surface area contributed by atoms with E-state index in [4.69, 9.17) is 4.42 Å². The second-order valence-corrected chi connectivity index (χ2v) is 16.7. The molecule has 2 atom stereocenters. The molecule has 0 radical (unpaired) electrons. The standard InChI is InChI=1S/C58H41NO/c1-57(40-18-5-3-6-19-40)50-27-13-10-25-47(50)56-51(57)28-16-29-53(56)59(42-22-15-17-38(35-42)39-31-34-55-48(36-39)46-24-11-14-30-54(46)60-55)43-32-33-45-44-23-9-12-26-49(44)58(2,52(45)37-43)41-20-7-4-8-21-41/h3-37H,1-2H3. The zero-order valence-electron chi connectivity index (χ0n) is 33.6. The number of rotatable bonds is 6. The van der Waals surface area contributed by atoms with E-state index >= 15 is 0 Å². The molecule has 2 aliphatic carbocycles. The first-order chi connectivity index (χ1) is 29.5. The zero-order chi connectivity index (χ0) is 40.0. The molecule has 0 amide bonds. The molecule has 9 aromatic carbocycles. The molecule has 0 fully saturated rings. The molecule has 0 bridgehead atoms. The molecule has 0 spiro atoms. The zero-order valence-corrected chi connectivity index (χ0v) is 33.6. The van der Waals surface area contributed by atoms with Crippen molar-refractivity contribution in [3.8, 4) is 33.4 Å². The summed E-state index contributed by atoms with van der Waals surface area (Å²) >= 11 is 0. The lowest BCUT2D eigenvalue weighted by atomic mass is 9.74. The van der Waals surface area contributed by atoms with Gasteiger partial charge in [-0.15, -0.1) is 0 Å². The van der Waals surface area contributed by atoms with Crippen LogP contribution >= 0.6 is 0 Å². The first-order valence-corrected chi connectivity index (χ1v) is 20.9. The minimum Gasteiger partial charge on any atom is -0.456 e. The van der Waals surface area contributed by atoms with Gasteiger partial charge in [-0.05, 0) is 124 Å². The molecule has 10 aromatic rings. The van der Waals surface area contributed by atoms with E-state index in [1.54, 1.807) is 0 Å². The van der Waals surface area contributed by atoms with E-state index in [-0.39, 0.29) is 10.8 Å². The molecule has 0 aliphatic heterocycles. The van der Waals surface area contributed by atoms with Crippen LogP contribution in [0.2, 0.25) is 0 Å². The summed E-state index contributed by atoms with van der Waals surface area (Å²) in [4.78, 5) is 2.51. The van der Waals surface area contributed by atoms with E-state index in [1.165, 1.54) is 55.6 Å². The third kappa shape index (κ3) is 4.88. The first-order valence-electron chi connectivity index (χ1n) is 20.9. The Bertz CT molecular complexity index is 3310. The van der Waals surface area contributed by atoms with Crippen molar-refractivity contribution >= 4 is 39.0 Å². The highest BCUT2D eigenvalue weighted by Crippen LogP contribution is 2.58. The van der Waals surface area contributed by atoms with E-state index in [9.17, 15) is 0 Å². The van der Waals surface area contributed by atoms with Gasteiger partial charge in [0.2, 0.25) is 0 Å². The summed E-state index contributed by atoms with van der Waals surface area (Å²) in [7, 11) is 0. The van der Waals surface area contributed by atoms with Crippen LogP contribution in [0.15, 0.2) is 217 Å². The lowest BCUT2D eigenvalue weighted by Crippen LogP contribution is -2.23. The van der Waals surface area contributed by atoms with E-state index in [2.05, 4.69) is 219 Å². The molecule has 1 heterocycles. The normalized spacial score (nSPS) is 17.3. The van der Waals surface area contributed by atoms with Crippen molar-refractivity contribution in [1.29, 1.82) is 0 Å². The maximum absolute atomic E-state index is 6.24. The maximum Gasteiger partial charge on any atom is 0.135 e. The minimum absolute atomic E-state index is 0.328. The number of hydrogen-bond donors (Lipinski definition) is 0. The van der Waals surface area contributed by atoms with Crippen molar-refractivity contribution in [1.82, 2.24) is 0 Å². The Balaban J connectivity index is 1.11. The molecule has 12 rings (SSSR count). The van der Waals surface area contributed by atoms with Gasteiger partial charge in [0.1, 0.15) is 11.2 Å². The lowest BCUT2D eigenvalue weighted by molar-refractivity contribution is 0.669. The lowest BCUT2D eigenvalue weighted by Gasteiger charge is -2.32. The third-order valence-electron chi connectivity index (χ3n) is 13.6. The van der Waals surface area contributed by atoms with Crippen molar-refractivity contribution in [2.24, 2.45) is 0 Å². The molecule has 2 nitrogen and oxygen atoms in total. The predicted octanol–water partition coefficient (Wildman–Crippen LogP) is 15.4. The van der Waals surface area contributed by atoms with Gasteiger partial charge in [0.05, 0.1) is 5.69 Å². The number of para-hydroxylation sites is 1. The SMILES string of the molecule is CC1(c2ccccc2)c2ccccc2-c2ccc(N(c3cccc(-c4ccc5oc6ccccc6c5c4)c3)c3cccc4c3-c3ccccc3C4(C)c3ccccc3)cc21. The fourth-order valence-corrected chi connectivity index (χ4v) is 10.6. The quantitative estimate of drug-likeness (QED) is 0.168. The second kappa shape index (κ2) is 13.0. The Morgan fingerprint density at radius 2 is 0.933 bits per heavy atom. The van der Waals surface area contributed by atoms with Gasteiger partial charge >= 0.3 is 0 Å². The highest BCUT2D eigenvalue weighted by atomic mass is 16.3. The summed E-state index contributed by atoms with van der Waals surface area (Å²) in [6.07, 6.45) is 0. The topological polar surface area (TPSA) is 16.4 Å². The molecule has 60 heavy (non-hydrogen) atoms. The van der Waals surface area contributed by atoms with Crippen LogP contribution in [0.3, 0.4) is 0 Å². The summed E-state index contributed by atoms with van der Waals surface area (Å²) < 4.78 is 6.24. The third-order valence-corrected chi connectivity index (χ3v) is 13.6. The number of hydrogen-bond acceptors (Lipinski definition) is 2. The van der Waals surface area contributed by atoms with Crippen molar-refractivity contribution < 1.29 is 4.42 Å². The highest BCUT2D eigenvalue weighted by Gasteiger charge is 2.44. The number of benzene rings is 9. The van der Waals surface area contributed by atoms with Crippen molar-refractivity contribution in [3.63, 3.8) is 0 Å². The van der Waals surface area contributed by atoms with Crippen LogP contribution in [0.25, 0.3) is 55.3 Å². The van der Waals surface area contributed by atoms with E-state index in [0.717, 1.165) is 50.1 Å². The van der Waals surface area contributed by atoms with E-state index in [1.807, 2.05) is 12.1 Å². The molecule has 284 valence electrons. The first kappa shape index (κ1) is 34.6. The van der Waals surface area contributed by atoms with Crippen LogP contribution in [0.5, 0.6) is 0 Å². The van der Waals surface area contributed by atoms with Crippen molar-refractivity contribution in [3.05, 3.63) is 246 Å². The predicted molar refractivity (Wildman–Crippen MR) is 249 cm³/mol. The molecule has 0 saturated heterocycles. The van der Waals surface area contributed by atoms with Crippen LogP contribution in [0.1, 0.15) is 47.2 Å². The molecule has 1 aromatic heterocycles. The van der Waals surface area contributed by atoms with Gasteiger partial charge in [0.25, 0.3) is 0 Å². The monoisotopic (exact) mass is 767 g/mol. The average Bonchev–Trinajstić information content (AvgIpc) is 3.91. The van der Waals surface area contributed by atoms with Crippen molar-refractivity contribution in [2.75, 3.05) is 4.90 Å². The average molecular weight is 768 g/mol. The highest BCUT2D eigenvalue weighted by molar-refractivity contribution is 6.06. The second-order valence-electron chi connectivity index (χ2n) is 16.7. The molecule has 2 heteroatoms. The van der Waals surface area contributed by atoms with Gasteiger partial charge in [-0.25, -0.2) is 0 Å². The Hall–Kier alpha value is -7.42. The van der Waals surface area contributed by atoms with Gasteiger partial charge < -0.3 is 9.32 Å². The summed E-state index contributed by atoms with van der Waals surface area (Å²) in [6.45, 7) is 4.80. The minimum atomic E-state index is -0.337. The molecule has 0 saturated carbocycles. The smallest absolute Gasteiger partial charge is 0.135 e. The van der Waals surface area contributed by atoms with Gasteiger partial charge in [0, 0.05) is 38.5 Å². The van der Waals surface area contributed by atoms with Crippen LogP contribution in [-0.2, 0) is 10.8 Å². The summed E-state index contributed by atoms with van der Waals surface area (Å²) in [5.41, 5.74) is 19.8. The van der Waals surface area contributed by atoms with Crippen LogP contribution in [-0.4, -0.2) is 0 Å². The maximum atomic E-state index is 6.24. The molecular weight excluding hydrogens is 727 g/mol. The van der Waals surface area contributed by atoms with Gasteiger partial charge in [-0.1, -0.05) is 164 Å².